The molecule has 4 nitrogen and oxygen atoms in total. The molecule has 1 aliphatic rings. The first kappa shape index (κ1) is 14.1. The molecular weight excluding hydrogens is 310 g/mol. The molecule has 19 heavy (non-hydrogen) atoms. The molecule has 1 saturated carbocycles. The van der Waals surface area contributed by atoms with Gasteiger partial charge >= 0.3 is 5.97 Å². The summed E-state index contributed by atoms with van der Waals surface area (Å²) in [7, 11) is 1.34. The first-order valence-electron chi connectivity index (χ1n) is 6.20. The van der Waals surface area contributed by atoms with E-state index in [0.29, 0.717) is 5.56 Å². The molecule has 0 spiro atoms. The van der Waals surface area contributed by atoms with Gasteiger partial charge in [-0.25, -0.2) is 4.79 Å². The predicted octanol–water partition coefficient (Wildman–Crippen LogP) is 2.62. The van der Waals surface area contributed by atoms with E-state index in [1.165, 1.54) is 7.11 Å². The van der Waals surface area contributed by atoms with E-state index in [1.807, 2.05) is 12.1 Å². The van der Waals surface area contributed by atoms with E-state index >= 15 is 0 Å². The van der Waals surface area contributed by atoms with Gasteiger partial charge in [0, 0.05) is 16.1 Å². The van der Waals surface area contributed by atoms with Gasteiger partial charge in [0.2, 0.25) is 0 Å². The molecule has 1 amide bonds. The molecule has 1 atom stereocenters. The third-order valence-electron chi connectivity index (χ3n) is 3.23. The number of amides is 1. The number of esters is 1. The lowest BCUT2D eigenvalue weighted by Gasteiger charge is -2.27. The molecule has 102 valence electrons. The normalized spacial score (nSPS) is 15.7. The van der Waals surface area contributed by atoms with E-state index in [-0.39, 0.29) is 17.9 Å². The molecule has 1 aromatic carbocycles. The summed E-state index contributed by atoms with van der Waals surface area (Å²) < 4.78 is 5.66. The van der Waals surface area contributed by atoms with Crippen LogP contribution < -0.4 is 0 Å². The minimum atomic E-state index is -0.548. The van der Waals surface area contributed by atoms with Crippen molar-refractivity contribution >= 4 is 27.8 Å². The maximum absolute atomic E-state index is 12.5. The van der Waals surface area contributed by atoms with Crippen LogP contribution in [0.25, 0.3) is 0 Å². The number of carbonyl (C=O) groups is 2. The van der Waals surface area contributed by atoms with Crippen molar-refractivity contribution in [3.05, 3.63) is 34.3 Å². The van der Waals surface area contributed by atoms with Gasteiger partial charge in [0.05, 0.1) is 7.11 Å². The van der Waals surface area contributed by atoms with E-state index in [4.69, 9.17) is 4.74 Å². The maximum Gasteiger partial charge on any atom is 0.328 e. The van der Waals surface area contributed by atoms with Crippen LogP contribution in [0, 0.1) is 0 Å². The first-order valence-corrected chi connectivity index (χ1v) is 7.00. The van der Waals surface area contributed by atoms with Crippen LogP contribution in [0.5, 0.6) is 0 Å². The Morgan fingerprint density at radius 3 is 2.37 bits per heavy atom. The zero-order valence-electron chi connectivity index (χ0n) is 10.9. The Morgan fingerprint density at radius 2 is 1.89 bits per heavy atom. The Morgan fingerprint density at radius 1 is 1.32 bits per heavy atom. The van der Waals surface area contributed by atoms with Crippen LogP contribution in [-0.4, -0.2) is 36.0 Å². The Balaban J connectivity index is 2.21. The van der Waals surface area contributed by atoms with Gasteiger partial charge in [-0.2, -0.15) is 0 Å². The van der Waals surface area contributed by atoms with Crippen LogP contribution in [0.1, 0.15) is 30.1 Å². The number of ether oxygens (including phenoxy) is 1. The summed E-state index contributed by atoms with van der Waals surface area (Å²) in [5.74, 6) is -0.495. The Labute approximate surface area is 120 Å². The minimum absolute atomic E-state index is 0.118. The van der Waals surface area contributed by atoms with E-state index in [2.05, 4.69) is 15.9 Å². The van der Waals surface area contributed by atoms with Gasteiger partial charge in [0.1, 0.15) is 6.04 Å². The SMILES string of the molecule is COC(=O)C(C)N(C(=O)c1ccc(Br)cc1)C1CC1. The number of rotatable bonds is 4. The fourth-order valence-corrected chi connectivity index (χ4v) is 2.30. The highest BCUT2D eigenvalue weighted by atomic mass is 79.9. The molecule has 1 unspecified atom stereocenters. The van der Waals surface area contributed by atoms with Crippen molar-refractivity contribution in [2.75, 3.05) is 7.11 Å². The second-order valence-electron chi connectivity index (χ2n) is 4.65. The molecule has 0 heterocycles. The van der Waals surface area contributed by atoms with E-state index < -0.39 is 6.04 Å². The minimum Gasteiger partial charge on any atom is -0.467 e. The van der Waals surface area contributed by atoms with Gasteiger partial charge in [0.25, 0.3) is 5.91 Å². The molecule has 1 fully saturated rings. The molecule has 0 aromatic heterocycles. The second-order valence-corrected chi connectivity index (χ2v) is 5.57. The van der Waals surface area contributed by atoms with Gasteiger partial charge in [-0.05, 0) is 44.0 Å². The number of hydrogen-bond donors (Lipinski definition) is 0. The quantitative estimate of drug-likeness (QED) is 0.799. The van der Waals surface area contributed by atoms with Gasteiger partial charge in [-0.3, -0.25) is 4.79 Å². The highest BCUT2D eigenvalue weighted by Crippen LogP contribution is 2.30. The molecular formula is C14H16BrNO3. The summed E-state index contributed by atoms with van der Waals surface area (Å²) >= 11 is 3.34. The van der Waals surface area contributed by atoms with Crippen LogP contribution >= 0.6 is 15.9 Å². The van der Waals surface area contributed by atoms with Crippen LogP contribution in [0.3, 0.4) is 0 Å². The first-order chi connectivity index (χ1) is 9.04. The van der Waals surface area contributed by atoms with E-state index in [9.17, 15) is 9.59 Å². The Bertz CT molecular complexity index is 482. The summed E-state index contributed by atoms with van der Waals surface area (Å²) in [6, 6.07) is 6.76. The Hall–Kier alpha value is -1.36. The molecule has 0 aliphatic heterocycles. The number of methoxy groups -OCH3 is 1. The summed E-state index contributed by atoms with van der Waals surface area (Å²) in [4.78, 5) is 25.8. The van der Waals surface area contributed by atoms with Crippen molar-refractivity contribution in [2.24, 2.45) is 0 Å². The molecule has 5 heteroatoms. The van der Waals surface area contributed by atoms with Crippen molar-refractivity contribution in [3.8, 4) is 0 Å². The third-order valence-corrected chi connectivity index (χ3v) is 3.75. The second kappa shape index (κ2) is 5.74. The van der Waals surface area contributed by atoms with Gasteiger partial charge in [0.15, 0.2) is 0 Å². The average molecular weight is 326 g/mol. The molecule has 1 aromatic rings. The van der Waals surface area contributed by atoms with Crippen LogP contribution in [-0.2, 0) is 9.53 Å². The van der Waals surface area contributed by atoms with Crippen LogP contribution in [0.2, 0.25) is 0 Å². The molecule has 0 saturated heterocycles. The molecule has 0 radical (unpaired) electrons. The Kier molecular flexibility index (Phi) is 4.24. The average Bonchev–Trinajstić information content (AvgIpc) is 3.23. The number of carbonyl (C=O) groups excluding carboxylic acids is 2. The van der Waals surface area contributed by atoms with Crippen molar-refractivity contribution < 1.29 is 14.3 Å². The summed E-state index contributed by atoms with van der Waals surface area (Å²) in [5.41, 5.74) is 0.589. The van der Waals surface area contributed by atoms with Crippen LogP contribution in [0.15, 0.2) is 28.7 Å². The highest BCUT2D eigenvalue weighted by Gasteiger charge is 2.39. The lowest BCUT2D eigenvalue weighted by molar-refractivity contribution is -0.145. The number of nitrogens with zero attached hydrogens (tertiary/aromatic N) is 1. The smallest absolute Gasteiger partial charge is 0.328 e. The van der Waals surface area contributed by atoms with Crippen molar-refractivity contribution in [3.63, 3.8) is 0 Å². The fourth-order valence-electron chi connectivity index (χ4n) is 2.04. The lowest BCUT2D eigenvalue weighted by Crippen LogP contribution is -2.45. The topological polar surface area (TPSA) is 46.6 Å². The number of halogens is 1. The summed E-state index contributed by atoms with van der Waals surface area (Å²) in [6.45, 7) is 1.71. The molecule has 1 aliphatic carbocycles. The number of hydrogen-bond acceptors (Lipinski definition) is 3. The van der Waals surface area contributed by atoms with Crippen molar-refractivity contribution in [2.45, 2.75) is 31.8 Å². The largest absolute Gasteiger partial charge is 0.467 e. The van der Waals surface area contributed by atoms with Crippen molar-refractivity contribution in [1.29, 1.82) is 0 Å². The number of benzene rings is 1. The fraction of sp³-hybridized carbons (Fsp3) is 0.429. The van der Waals surface area contributed by atoms with Gasteiger partial charge < -0.3 is 9.64 Å². The predicted molar refractivity (Wildman–Crippen MR) is 74.8 cm³/mol. The molecule has 0 N–H and O–H groups in total. The third kappa shape index (κ3) is 3.15. The standard InChI is InChI=1S/C14H16BrNO3/c1-9(14(18)19-2)16(12-7-8-12)13(17)10-3-5-11(15)6-4-10/h3-6,9,12H,7-8H2,1-2H3. The lowest BCUT2D eigenvalue weighted by atomic mass is 10.1. The maximum atomic E-state index is 12.5. The molecule has 2 rings (SSSR count). The zero-order valence-corrected chi connectivity index (χ0v) is 12.5. The van der Waals surface area contributed by atoms with E-state index in [1.54, 1.807) is 24.0 Å². The van der Waals surface area contributed by atoms with Crippen LogP contribution in [0.4, 0.5) is 0 Å². The molecule has 0 bridgehead atoms. The summed E-state index contributed by atoms with van der Waals surface area (Å²) in [5, 5.41) is 0. The highest BCUT2D eigenvalue weighted by molar-refractivity contribution is 9.10. The summed E-state index contributed by atoms with van der Waals surface area (Å²) in [6.07, 6.45) is 1.90. The monoisotopic (exact) mass is 325 g/mol. The van der Waals surface area contributed by atoms with E-state index in [0.717, 1.165) is 17.3 Å². The van der Waals surface area contributed by atoms with Gasteiger partial charge in [-0.1, -0.05) is 15.9 Å². The van der Waals surface area contributed by atoms with Crippen molar-refractivity contribution in [1.82, 2.24) is 4.90 Å². The zero-order chi connectivity index (χ0) is 14.0. The van der Waals surface area contributed by atoms with Gasteiger partial charge in [-0.15, -0.1) is 0 Å².